The fourth-order valence-corrected chi connectivity index (χ4v) is 2.33. The molecule has 3 rings (SSSR count). The highest BCUT2D eigenvalue weighted by Crippen LogP contribution is 2.25. The number of amides is 1. The molecule has 0 bridgehead atoms. The van der Waals surface area contributed by atoms with E-state index in [2.05, 4.69) is 20.4 Å². The van der Waals surface area contributed by atoms with Crippen LogP contribution in [0, 0.1) is 11.7 Å². The average Bonchev–Trinajstić information content (AvgIpc) is 3.15. The number of nitrogens with zero attached hydrogens (tertiary/aromatic N) is 4. The van der Waals surface area contributed by atoms with E-state index in [1.165, 1.54) is 18.5 Å². The van der Waals surface area contributed by atoms with E-state index in [1.54, 1.807) is 48.4 Å². The van der Waals surface area contributed by atoms with Gasteiger partial charge < -0.3 is 10.1 Å². The quantitative estimate of drug-likeness (QED) is 0.704. The highest BCUT2D eigenvalue weighted by Gasteiger charge is 2.15. The molecule has 2 aromatic heterocycles. The molecule has 1 N–H and O–H groups in total. The van der Waals surface area contributed by atoms with Crippen LogP contribution in [0.2, 0.25) is 0 Å². The number of para-hydroxylation sites is 1. The Balaban J connectivity index is 1.63. The number of pyridine rings is 1. The molecule has 3 aromatic rings. The molecule has 0 aliphatic heterocycles. The monoisotopic (exact) mass is 355 g/mol. The van der Waals surface area contributed by atoms with Crippen molar-refractivity contribution in [3.8, 4) is 11.6 Å². The topological polar surface area (TPSA) is 81.9 Å². The minimum Gasteiger partial charge on any atom is -0.436 e. The number of rotatable bonds is 7. The van der Waals surface area contributed by atoms with Crippen molar-refractivity contribution in [3.63, 3.8) is 0 Å². The summed E-state index contributed by atoms with van der Waals surface area (Å²) in [4.78, 5) is 20.3. The van der Waals surface area contributed by atoms with Gasteiger partial charge in [0.25, 0.3) is 0 Å². The number of nitrogens with one attached hydrogen (secondary N) is 1. The zero-order valence-electron chi connectivity index (χ0n) is 14.2. The summed E-state index contributed by atoms with van der Waals surface area (Å²) in [6.45, 7) is 2.45. The molecular formula is C18H18FN5O2. The smallest absolute Gasteiger partial charge is 0.224 e. The molecule has 0 aliphatic carbocycles. The lowest BCUT2D eigenvalue weighted by atomic mass is 10.1. The van der Waals surface area contributed by atoms with Crippen molar-refractivity contribution in [3.05, 3.63) is 66.6 Å². The third-order valence-electron chi connectivity index (χ3n) is 3.72. The van der Waals surface area contributed by atoms with Gasteiger partial charge in [0.15, 0.2) is 11.6 Å². The average molecular weight is 355 g/mol. The van der Waals surface area contributed by atoms with Crippen molar-refractivity contribution in [2.24, 2.45) is 5.92 Å². The Morgan fingerprint density at radius 1 is 1.31 bits per heavy atom. The maximum atomic E-state index is 13.8. The first-order valence-electron chi connectivity index (χ1n) is 8.10. The lowest BCUT2D eigenvalue weighted by Gasteiger charge is -2.14. The normalized spacial score (nSPS) is 11.8. The molecule has 0 saturated carbocycles. The number of carbonyl (C=O) groups is 1. The highest BCUT2D eigenvalue weighted by molar-refractivity contribution is 5.78. The maximum Gasteiger partial charge on any atom is 0.224 e. The molecule has 2 heterocycles. The lowest BCUT2D eigenvalue weighted by Crippen LogP contribution is -2.31. The summed E-state index contributed by atoms with van der Waals surface area (Å²) in [6, 6.07) is 9.59. The molecule has 0 spiro atoms. The summed E-state index contributed by atoms with van der Waals surface area (Å²) in [5.41, 5.74) is 0.650. The predicted octanol–water partition coefficient (Wildman–Crippen LogP) is 2.56. The summed E-state index contributed by atoms with van der Waals surface area (Å²) in [7, 11) is 0. The van der Waals surface area contributed by atoms with Gasteiger partial charge in [-0.2, -0.15) is 5.10 Å². The fourth-order valence-electron chi connectivity index (χ4n) is 2.33. The Hall–Kier alpha value is -3.29. The van der Waals surface area contributed by atoms with E-state index in [0.29, 0.717) is 12.1 Å². The molecule has 1 atom stereocenters. The van der Waals surface area contributed by atoms with E-state index in [9.17, 15) is 9.18 Å². The third kappa shape index (κ3) is 4.41. The lowest BCUT2D eigenvalue weighted by molar-refractivity contribution is -0.125. The SMILES string of the molecule is C[C@H](Cn1cncn1)C(=O)NCc1cccnc1Oc1ccccc1F. The molecule has 1 amide bonds. The van der Waals surface area contributed by atoms with Crippen LogP contribution in [-0.2, 0) is 17.9 Å². The van der Waals surface area contributed by atoms with Crippen LogP contribution in [0.5, 0.6) is 11.6 Å². The second-order valence-electron chi connectivity index (χ2n) is 5.74. The summed E-state index contributed by atoms with van der Waals surface area (Å²) >= 11 is 0. The molecule has 0 radical (unpaired) electrons. The molecule has 26 heavy (non-hydrogen) atoms. The molecule has 0 fully saturated rings. The van der Waals surface area contributed by atoms with E-state index < -0.39 is 5.82 Å². The first-order chi connectivity index (χ1) is 12.6. The third-order valence-corrected chi connectivity index (χ3v) is 3.72. The Morgan fingerprint density at radius 3 is 2.92 bits per heavy atom. The van der Waals surface area contributed by atoms with Gasteiger partial charge in [0.05, 0.1) is 12.5 Å². The predicted molar refractivity (Wildman–Crippen MR) is 91.7 cm³/mol. The van der Waals surface area contributed by atoms with E-state index in [-0.39, 0.29) is 30.0 Å². The van der Waals surface area contributed by atoms with Crippen molar-refractivity contribution in [2.75, 3.05) is 0 Å². The van der Waals surface area contributed by atoms with Crippen LogP contribution in [0.4, 0.5) is 4.39 Å². The molecule has 0 unspecified atom stereocenters. The van der Waals surface area contributed by atoms with Gasteiger partial charge in [-0.05, 0) is 18.2 Å². The zero-order valence-corrected chi connectivity index (χ0v) is 14.2. The van der Waals surface area contributed by atoms with Gasteiger partial charge in [-0.3, -0.25) is 9.48 Å². The van der Waals surface area contributed by atoms with Crippen molar-refractivity contribution in [2.45, 2.75) is 20.0 Å². The molecular weight excluding hydrogens is 337 g/mol. The van der Waals surface area contributed by atoms with Gasteiger partial charge in [0.1, 0.15) is 12.7 Å². The van der Waals surface area contributed by atoms with Crippen LogP contribution >= 0.6 is 0 Å². The number of hydrogen-bond acceptors (Lipinski definition) is 5. The van der Waals surface area contributed by atoms with Crippen LogP contribution in [0.25, 0.3) is 0 Å². The summed E-state index contributed by atoms with van der Waals surface area (Å²) in [6.07, 6.45) is 4.53. The Morgan fingerprint density at radius 2 is 2.15 bits per heavy atom. The van der Waals surface area contributed by atoms with Gasteiger partial charge >= 0.3 is 0 Å². The second kappa shape index (κ2) is 8.19. The Bertz CT molecular complexity index is 870. The number of benzene rings is 1. The zero-order chi connectivity index (χ0) is 18.4. The van der Waals surface area contributed by atoms with Gasteiger partial charge in [-0.15, -0.1) is 0 Å². The van der Waals surface area contributed by atoms with Gasteiger partial charge in [0, 0.05) is 18.3 Å². The second-order valence-corrected chi connectivity index (χ2v) is 5.74. The standard InChI is InChI=1S/C18H18FN5O2/c1-13(10-24-12-20-11-23-24)17(25)22-9-14-5-4-8-21-18(14)26-16-7-3-2-6-15(16)19/h2-8,11-13H,9-10H2,1H3,(H,22,25)/t13-/m1/s1. The minimum absolute atomic E-state index is 0.0818. The van der Waals surface area contributed by atoms with Crippen molar-refractivity contribution >= 4 is 5.91 Å². The molecule has 8 heteroatoms. The van der Waals surface area contributed by atoms with E-state index >= 15 is 0 Å². The van der Waals surface area contributed by atoms with Crippen LogP contribution in [-0.4, -0.2) is 25.7 Å². The van der Waals surface area contributed by atoms with Gasteiger partial charge in [-0.1, -0.05) is 25.1 Å². The molecule has 7 nitrogen and oxygen atoms in total. The molecule has 1 aromatic carbocycles. The van der Waals surface area contributed by atoms with E-state index in [1.807, 2.05) is 0 Å². The molecule has 134 valence electrons. The first-order valence-corrected chi connectivity index (χ1v) is 8.10. The maximum absolute atomic E-state index is 13.8. The first kappa shape index (κ1) is 17.5. The minimum atomic E-state index is -0.477. The Labute approximate surface area is 149 Å². The van der Waals surface area contributed by atoms with Gasteiger partial charge in [-0.25, -0.2) is 14.4 Å². The number of aromatic nitrogens is 4. The van der Waals surface area contributed by atoms with Gasteiger partial charge in [0.2, 0.25) is 11.8 Å². The summed E-state index contributed by atoms with van der Waals surface area (Å²) in [5, 5.41) is 6.82. The number of hydrogen-bond donors (Lipinski definition) is 1. The van der Waals surface area contributed by atoms with E-state index in [0.717, 1.165) is 0 Å². The van der Waals surface area contributed by atoms with Crippen molar-refractivity contribution in [1.29, 1.82) is 0 Å². The number of carbonyl (C=O) groups excluding carboxylic acids is 1. The van der Waals surface area contributed by atoms with Crippen LogP contribution in [0.1, 0.15) is 12.5 Å². The van der Waals surface area contributed by atoms with Crippen LogP contribution in [0.3, 0.4) is 0 Å². The largest absolute Gasteiger partial charge is 0.436 e. The molecule has 0 saturated heterocycles. The number of halogens is 1. The highest BCUT2D eigenvalue weighted by atomic mass is 19.1. The molecule has 0 aliphatic rings. The van der Waals surface area contributed by atoms with Crippen LogP contribution < -0.4 is 10.1 Å². The van der Waals surface area contributed by atoms with Crippen LogP contribution in [0.15, 0.2) is 55.2 Å². The number of ether oxygens (including phenoxy) is 1. The Kier molecular flexibility index (Phi) is 5.52. The van der Waals surface area contributed by atoms with Crippen molar-refractivity contribution in [1.82, 2.24) is 25.1 Å². The summed E-state index contributed by atoms with van der Waals surface area (Å²) in [5.74, 6) is -0.569. The van der Waals surface area contributed by atoms with E-state index in [4.69, 9.17) is 4.74 Å². The fraction of sp³-hybridized carbons (Fsp3) is 0.222. The van der Waals surface area contributed by atoms with Crippen molar-refractivity contribution < 1.29 is 13.9 Å². The summed E-state index contributed by atoms with van der Waals surface area (Å²) < 4.78 is 20.9.